The minimum atomic E-state index is -0.864. The van der Waals surface area contributed by atoms with E-state index in [0.717, 1.165) is 51.6 Å². The molecule has 0 radical (unpaired) electrons. The van der Waals surface area contributed by atoms with Gasteiger partial charge in [0.1, 0.15) is 12.1 Å². The SMILES string of the molecule is CCCCCCCCCCCCCCCCCCN(CCCCCCCCCCCCCCCCCC)[C@@H](CC(N)=O)C(=O)OC(=O)[C@H](CCCNCCCN)NCCCN. The molecule has 0 aliphatic rings. The number of nitrogens with zero attached hydrogens (tertiary/aromatic N) is 1. The van der Waals surface area contributed by atoms with E-state index in [0.29, 0.717) is 45.6 Å². The van der Waals surface area contributed by atoms with Gasteiger partial charge in [0.15, 0.2) is 0 Å². The summed E-state index contributed by atoms with van der Waals surface area (Å²) in [5.41, 5.74) is 17.1. The Balaban J connectivity index is 5.02. The molecule has 1 amide bonds. The summed E-state index contributed by atoms with van der Waals surface area (Å²) in [6.07, 6.45) is 44.3. The number of carbonyl (C=O) groups excluding carboxylic acids is 3. The largest absolute Gasteiger partial charge is 0.391 e. The molecule has 0 aliphatic carbocycles. The topological polar surface area (TPSA) is 166 Å². The van der Waals surface area contributed by atoms with Crippen LogP contribution in [-0.4, -0.2) is 80.6 Å². The summed E-state index contributed by atoms with van der Waals surface area (Å²) in [5, 5.41) is 6.60. The van der Waals surface area contributed by atoms with Gasteiger partial charge in [-0.3, -0.25) is 9.69 Å². The first-order valence-electron chi connectivity index (χ1n) is 26.5. The highest BCUT2D eigenvalue weighted by Crippen LogP contribution is 2.18. The van der Waals surface area contributed by atoms with Crippen molar-refractivity contribution in [2.45, 2.75) is 264 Å². The summed E-state index contributed by atoms with van der Waals surface area (Å²) in [7, 11) is 0. The number of rotatable bonds is 50. The van der Waals surface area contributed by atoms with E-state index in [-0.39, 0.29) is 6.42 Å². The van der Waals surface area contributed by atoms with Crippen LogP contribution < -0.4 is 27.8 Å². The van der Waals surface area contributed by atoms with Gasteiger partial charge in [-0.15, -0.1) is 0 Å². The minimum Gasteiger partial charge on any atom is -0.391 e. The fourth-order valence-electron chi connectivity index (χ4n) is 8.40. The highest BCUT2D eigenvalue weighted by atomic mass is 16.6. The Kier molecular flexibility index (Phi) is 46.6. The molecular formula is C51H104N6O4. The van der Waals surface area contributed by atoms with Crippen molar-refractivity contribution in [1.82, 2.24) is 15.5 Å². The maximum atomic E-state index is 13.8. The third-order valence-electron chi connectivity index (χ3n) is 12.4. The normalized spacial score (nSPS) is 12.6. The lowest BCUT2D eigenvalue weighted by atomic mass is 10.0. The Hall–Kier alpha value is -1.59. The first-order valence-corrected chi connectivity index (χ1v) is 26.5. The zero-order valence-corrected chi connectivity index (χ0v) is 40.6. The van der Waals surface area contributed by atoms with Crippen molar-refractivity contribution in [2.24, 2.45) is 17.2 Å². The van der Waals surface area contributed by atoms with Crippen molar-refractivity contribution in [3.05, 3.63) is 0 Å². The van der Waals surface area contributed by atoms with E-state index < -0.39 is 29.9 Å². The third-order valence-corrected chi connectivity index (χ3v) is 12.4. The maximum Gasteiger partial charge on any atom is 0.331 e. The summed E-state index contributed by atoms with van der Waals surface area (Å²) in [6.45, 7) is 9.19. The third kappa shape index (κ3) is 40.9. The predicted octanol–water partition coefficient (Wildman–Crippen LogP) is 11.2. The van der Waals surface area contributed by atoms with E-state index in [1.165, 1.54) is 180 Å². The Morgan fingerprint density at radius 2 is 0.803 bits per heavy atom. The van der Waals surface area contributed by atoms with E-state index in [9.17, 15) is 14.4 Å². The van der Waals surface area contributed by atoms with E-state index in [2.05, 4.69) is 29.4 Å². The standard InChI is InChI=1S/C51H104N6O4/c1-3-5-7-9-11-13-15-17-19-21-23-25-27-29-31-33-44-57(45-34-32-30-28-26-24-22-20-18-16-14-12-10-8-6-4-2)48(46-49(54)58)51(60)61-50(59)47(56-43-37-40-53)38-35-41-55-42-36-39-52/h47-48,55-56H,3-46,52-53H2,1-2H3,(H2,54,58)/t47-,48-/m0/s1. The number of primary amides is 1. The van der Waals surface area contributed by atoms with Crippen LogP contribution in [0.2, 0.25) is 0 Å². The molecule has 362 valence electrons. The molecule has 0 saturated carbocycles. The van der Waals surface area contributed by atoms with Crippen LogP contribution in [0, 0.1) is 0 Å². The highest BCUT2D eigenvalue weighted by Gasteiger charge is 2.32. The summed E-state index contributed by atoms with van der Waals surface area (Å²) < 4.78 is 5.59. The Bertz CT molecular complexity index is 920. The number of nitrogens with two attached hydrogens (primary N) is 3. The molecule has 0 bridgehead atoms. The van der Waals surface area contributed by atoms with Crippen molar-refractivity contribution in [3.63, 3.8) is 0 Å². The Labute approximate surface area is 377 Å². The number of amides is 1. The van der Waals surface area contributed by atoms with Gasteiger partial charge in [-0.25, -0.2) is 9.59 Å². The number of ether oxygens (including phenoxy) is 1. The molecule has 0 rings (SSSR count). The lowest BCUT2D eigenvalue weighted by Gasteiger charge is -2.30. The van der Waals surface area contributed by atoms with Crippen molar-refractivity contribution >= 4 is 17.8 Å². The number of carbonyl (C=O) groups is 3. The second kappa shape index (κ2) is 47.9. The van der Waals surface area contributed by atoms with Crippen LogP contribution in [0.3, 0.4) is 0 Å². The minimum absolute atomic E-state index is 0.153. The fourth-order valence-corrected chi connectivity index (χ4v) is 8.40. The second-order valence-electron chi connectivity index (χ2n) is 18.3. The molecule has 0 aliphatic heterocycles. The number of hydrogen-bond donors (Lipinski definition) is 5. The Morgan fingerprint density at radius 3 is 1.16 bits per heavy atom. The van der Waals surface area contributed by atoms with E-state index >= 15 is 0 Å². The monoisotopic (exact) mass is 865 g/mol. The average Bonchev–Trinajstić information content (AvgIpc) is 3.25. The van der Waals surface area contributed by atoms with Crippen LogP contribution in [0.5, 0.6) is 0 Å². The van der Waals surface area contributed by atoms with Gasteiger partial charge in [0.25, 0.3) is 0 Å². The Morgan fingerprint density at radius 1 is 0.459 bits per heavy atom. The van der Waals surface area contributed by atoms with Gasteiger partial charge in [0.2, 0.25) is 5.91 Å². The molecule has 0 spiro atoms. The van der Waals surface area contributed by atoms with Crippen LogP contribution in [0.25, 0.3) is 0 Å². The predicted molar refractivity (Wildman–Crippen MR) is 261 cm³/mol. The first kappa shape index (κ1) is 59.4. The molecule has 0 aromatic carbocycles. The van der Waals surface area contributed by atoms with Crippen molar-refractivity contribution in [2.75, 3.05) is 45.8 Å². The van der Waals surface area contributed by atoms with Crippen molar-refractivity contribution < 1.29 is 19.1 Å². The molecule has 10 heteroatoms. The smallest absolute Gasteiger partial charge is 0.331 e. The van der Waals surface area contributed by atoms with Gasteiger partial charge in [-0.05, 0) is 84.3 Å². The van der Waals surface area contributed by atoms with Gasteiger partial charge in [0.05, 0.1) is 6.42 Å². The molecule has 0 saturated heterocycles. The molecule has 0 fully saturated rings. The number of esters is 2. The zero-order chi connectivity index (χ0) is 44.7. The van der Waals surface area contributed by atoms with Crippen LogP contribution in [0.1, 0.15) is 251 Å². The molecule has 8 N–H and O–H groups in total. The molecule has 0 aromatic rings. The first-order chi connectivity index (χ1) is 29.9. The summed E-state index contributed by atoms with van der Waals surface area (Å²) in [4.78, 5) is 41.7. The van der Waals surface area contributed by atoms with Gasteiger partial charge in [-0.1, -0.05) is 206 Å². The van der Waals surface area contributed by atoms with Crippen LogP contribution in [0.15, 0.2) is 0 Å². The molecule has 2 atom stereocenters. The fraction of sp³-hybridized carbons (Fsp3) is 0.941. The van der Waals surface area contributed by atoms with E-state index in [1.807, 2.05) is 0 Å². The molecule has 61 heavy (non-hydrogen) atoms. The summed E-state index contributed by atoms with van der Waals surface area (Å²) >= 11 is 0. The van der Waals surface area contributed by atoms with Gasteiger partial charge in [0, 0.05) is 0 Å². The summed E-state index contributed by atoms with van der Waals surface area (Å²) in [6, 6.07) is -1.49. The molecule has 0 aromatic heterocycles. The number of hydrogen-bond acceptors (Lipinski definition) is 9. The highest BCUT2D eigenvalue weighted by molar-refractivity contribution is 5.93. The van der Waals surface area contributed by atoms with E-state index in [1.54, 1.807) is 0 Å². The van der Waals surface area contributed by atoms with Crippen molar-refractivity contribution in [3.8, 4) is 0 Å². The lowest BCUT2D eigenvalue weighted by molar-refractivity contribution is -0.166. The van der Waals surface area contributed by atoms with E-state index in [4.69, 9.17) is 21.9 Å². The quantitative estimate of drug-likeness (QED) is 0.0227. The van der Waals surface area contributed by atoms with Crippen LogP contribution in [-0.2, 0) is 19.1 Å². The van der Waals surface area contributed by atoms with Crippen LogP contribution in [0.4, 0.5) is 0 Å². The van der Waals surface area contributed by atoms with Gasteiger partial charge in [-0.2, -0.15) is 0 Å². The second-order valence-corrected chi connectivity index (χ2v) is 18.3. The molecular weight excluding hydrogens is 761 g/mol. The lowest BCUT2D eigenvalue weighted by Crippen LogP contribution is -2.48. The molecule has 0 heterocycles. The van der Waals surface area contributed by atoms with Crippen LogP contribution >= 0.6 is 0 Å². The van der Waals surface area contributed by atoms with Gasteiger partial charge < -0.3 is 32.6 Å². The summed E-state index contributed by atoms with van der Waals surface area (Å²) in [5.74, 6) is -1.81. The van der Waals surface area contributed by atoms with Gasteiger partial charge >= 0.3 is 11.9 Å². The average molecular weight is 865 g/mol. The molecule has 10 nitrogen and oxygen atoms in total. The zero-order valence-electron chi connectivity index (χ0n) is 40.6. The number of nitrogens with one attached hydrogen (secondary N) is 2. The maximum absolute atomic E-state index is 13.8. The number of unbranched alkanes of at least 4 members (excludes halogenated alkanes) is 30. The molecule has 0 unspecified atom stereocenters. The van der Waals surface area contributed by atoms with Crippen molar-refractivity contribution in [1.29, 1.82) is 0 Å².